The Kier molecular flexibility index (Phi) is 7.09. The number of methoxy groups -OCH3 is 1. The van der Waals surface area contributed by atoms with E-state index in [2.05, 4.69) is 5.32 Å². The first kappa shape index (κ1) is 22.5. The van der Waals surface area contributed by atoms with Crippen LogP contribution in [0.1, 0.15) is 22.7 Å². The topological polar surface area (TPSA) is 75.7 Å². The van der Waals surface area contributed by atoms with Gasteiger partial charge in [0.1, 0.15) is 5.75 Å². The van der Waals surface area contributed by atoms with E-state index in [9.17, 15) is 13.2 Å². The molecule has 0 aliphatic rings. The second-order valence-electron chi connectivity index (χ2n) is 7.26. The molecule has 0 bridgehead atoms. The summed E-state index contributed by atoms with van der Waals surface area (Å²) >= 11 is 0. The molecule has 0 saturated carbocycles. The highest BCUT2D eigenvalue weighted by atomic mass is 32.2. The van der Waals surface area contributed by atoms with E-state index in [-0.39, 0.29) is 17.5 Å². The number of rotatable bonds is 8. The highest BCUT2D eigenvalue weighted by Gasteiger charge is 2.25. The molecule has 0 radical (unpaired) electrons. The number of likely N-dealkylation sites (N-methyl/N-ethyl adjacent to an activating group) is 1. The van der Waals surface area contributed by atoms with Crippen molar-refractivity contribution in [3.63, 3.8) is 0 Å². The first-order valence-corrected chi connectivity index (χ1v) is 11.3. The number of benzene rings is 3. The Morgan fingerprint density at radius 1 is 0.935 bits per heavy atom. The lowest BCUT2D eigenvalue weighted by molar-refractivity contribution is -0.121. The average molecular weight is 439 g/mol. The van der Waals surface area contributed by atoms with Crippen molar-refractivity contribution in [2.24, 2.45) is 0 Å². The Bertz CT molecular complexity index is 1110. The minimum absolute atomic E-state index is 0.0988. The fraction of sp³-hybridized carbons (Fsp3) is 0.208. The van der Waals surface area contributed by atoms with Gasteiger partial charge >= 0.3 is 0 Å². The molecule has 1 N–H and O–H groups in total. The van der Waals surface area contributed by atoms with Crippen molar-refractivity contribution >= 4 is 15.9 Å². The van der Waals surface area contributed by atoms with Crippen molar-refractivity contribution in [3.05, 3.63) is 95.6 Å². The molecule has 0 saturated heterocycles. The van der Waals surface area contributed by atoms with Crippen LogP contribution in [0, 0.1) is 6.92 Å². The van der Waals surface area contributed by atoms with Gasteiger partial charge in [0.15, 0.2) is 0 Å². The van der Waals surface area contributed by atoms with Gasteiger partial charge in [-0.3, -0.25) is 4.79 Å². The van der Waals surface area contributed by atoms with E-state index in [1.807, 2.05) is 61.5 Å². The molecule has 3 aromatic carbocycles. The van der Waals surface area contributed by atoms with Crippen molar-refractivity contribution < 1.29 is 17.9 Å². The predicted octanol–water partition coefficient (Wildman–Crippen LogP) is 3.53. The summed E-state index contributed by atoms with van der Waals surface area (Å²) in [4.78, 5) is 12.9. The van der Waals surface area contributed by atoms with Crippen molar-refractivity contribution in [2.75, 3.05) is 20.7 Å². The maximum absolute atomic E-state index is 12.8. The van der Waals surface area contributed by atoms with Crippen LogP contribution in [0.2, 0.25) is 0 Å². The fourth-order valence-corrected chi connectivity index (χ4v) is 4.31. The first-order valence-electron chi connectivity index (χ1n) is 9.82. The summed E-state index contributed by atoms with van der Waals surface area (Å²) in [5.74, 6) is 0.164. The summed E-state index contributed by atoms with van der Waals surface area (Å²) in [5, 5.41) is 2.98. The van der Waals surface area contributed by atoms with Crippen molar-refractivity contribution in [3.8, 4) is 5.75 Å². The van der Waals surface area contributed by atoms with E-state index < -0.39 is 15.9 Å². The van der Waals surface area contributed by atoms with Gasteiger partial charge in [0.25, 0.3) is 0 Å². The van der Waals surface area contributed by atoms with Crippen LogP contribution >= 0.6 is 0 Å². The molecule has 3 aromatic rings. The quantitative estimate of drug-likeness (QED) is 0.584. The normalized spacial score (nSPS) is 12.4. The largest absolute Gasteiger partial charge is 0.497 e. The molecule has 6 nitrogen and oxygen atoms in total. The summed E-state index contributed by atoms with van der Waals surface area (Å²) in [6.07, 6.45) is 0. The van der Waals surface area contributed by atoms with Crippen LogP contribution in [0.25, 0.3) is 0 Å². The Balaban J connectivity index is 1.77. The molecule has 1 atom stereocenters. The summed E-state index contributed by atoms with van der Waals surface area (Å²) in [5.41, 5.74) is 2.96. The van der Waals surface area contributed by atoms with Gasteiger partial charge in [-0.1, -0.05) is 60.2 Å². The molecule has 31 heavy (non-hydrogen) atoms. The number of hydrogen-bond acceptors (Lipinski definition) is 4. The van der Waals surface area contributed by atoms with Gasteiger partial charge in [0.05, 0.1) is 24.6 Å². The Hall–Kier alpha value is -3.16. The highest BCUT2D eigenvalue weighted by molar-refractivity contribution is 7.89. The molecule has 7 heteroatoms. The predicted molar refractivity (Wildman–Crippen MR) is 120 cm³/mol. The Morgan fingerprint density at radius 2 is 1.52 bits per heavy atom. The third-order valence-corrected chi connectivity index (χ3v) is 6.80. The standard InChI is InChI=1S/C24H26N2O4S/c1-18-9-11-20(12-10-18)24(19-7-5-4-6-8-19)25-23(27)17-26(2)31(28,29)22-15-13-21(30-3)14-16-22/h4-16,24H,17H2,1-3H3,(H,25,27). The van der Waals surface area contributed by atoms with Crippen LogP contribution in [0.5, 0.6) is 5.75 Å². The number of nitrogens with zero attached hydrogens (tertiary/aromatic N) is 1. The number of nitrogens with one attached hydrogen (secondary N) is 1. The summed E-state index contributed by atoms with van der Waals surface area (Å²) < 4.78 is 31.8. The van der Waals surface area contributed by atoms with Gasteiger partial charge < -0.3 is 10.1 Å². The number of carbonyl (C=O) groups excluding carboxylic acids is 1. The van der Waals surface area contributed by atoms with E-state index in [4.69, 9.17) is 4.74 Å². The van der Waals surface area contributed by atoms with Crippen LogP contribution in [0.4, 0.5) is 0 Å². The zero-order valence-electron chi connectivity index (χ0n) is 17.8. The molecule has 162 valence electrons. The molecule has 3 rings (SSSR count). The second kappa shape index (κ2) is 9.76. The molecule has 1 amide bonds. The molecule has 0 fully saturated rings. The molecular formula is C24H26N2O4S. The zero-order chi connectivity index (χ0) is 22.4. The maximum Gasteiger partial charge on any atom is 0.243 e. The third-order valence-electron chi connectivity index (χ3n) is 4.98. The number of amides is 1. The minimum Gasteiger partial charge on any atom is -0.497 e. The van der Waals surface area contributed by atoms with Crippen molar-refractivity contribution in [1.82, 2.24) is 9.62 Å². The monoisotopic (exact) mass is 438 g/mol. The third kappa shape index (κ3) is 5.51. The SMILES string of the molecule is COc1ccc(S(=O)(=O)N(C)CC(=O)NC(c2ccccc2)c2ccc(C)cc2)cc1. The van der Waals surface area contributed by atoms with E-state index in [0.717, 1.165) is 21.0 Å². The molecule has 1 unspecified atom stereocenters. The number of ether oxygens (including phenoxy) is 1. The zero-order valence-corrected chi connectivity index (χ0v) is 18.6. The van der Waals surface area contributed by atoms with E-state index >= 15 is 0 Å². The fourth-order valence-electron chi connectivity index (χ4n) is 3.18. The Morgan fingerprint density at radius 3 is 2.10 bits per heavy atom. The minimum atomic E-state index is -3.81. The number of sulfonamides is 1. The number of carbonyl (C=O) groups is 1. The van der Waals surface area contributed by atoms with Crippen molar-refractivity contribution in [1.29, 1.82) is 0 Å². The van der Waals surface area contributed by atoms with Gasteiger partial charge in [-0.15, -0.1) is 0 Å². The van der Waals surface area contributed by atoms with Gasteiger partial charge in [-0.25, -0.2) is 8.42 Å². The number of hydrogen-bond donors (Lipinski definition) is 1. The lowest BCUT2D eigenvalue weighted by Gasteiger charge is -2.22. The second-order valence-corrected chi connectivity index (χ2v) is 9.30. The molecule has 0 spiro atoms. The molecule has 0 heterocycles. The average Bonchev–Trinajstić information content (AvgIpc) is 2.78. The molecule has 0 aliphatic carbocycles. The van der Waals surface area contributed by atoms with E-state index in [1.54, 1.807) is 12.1 Å². The first-order chi connectivity index (χ1) is 14.8. The van der Waals surface area contributed by atoms with Crippen LogP contribution in [0.15, 0.2) is 83.8 Å². The summed E-state index contributed by atoms with van der Waals surface area (Å²) in [7, 11) is -0.910. The van der Waals surface area contributed by atoms with Gasteiger partial charge in [-0.2, -0.15) is 4.31 Å². The number of aryl methyl sites for hydroxylation is 1. The van der Waals surface area contributed by atoms with Gasteiger partial charge in [-0.05, 0) is 42.3 Å². The van der Waals surface area contributed by atoms with Crippen LogP contribution in [-0.2, 0) is 14.8 Å². The summed E-state index contributed by atoms with van der Waals surface area (Å²) in [6.45, 7) is 1.70. The highest BCUT2D eigenvalue weighted by Crippen LogP contribution is 2.23. The smallest absolute Gasteiger partial charge is 0.243 e. The van der Waals surface area contributed by atoms with Gasteiger partial charge in [0.2, 0.25) is 15.9 Å². The molecule has 0 aromatic heterocycles. The van der Waals surface area contributed by atoms with Gasteiger partial charge in [0, 0.05) is 7.05 Å². The molecule has 0 aliphatic heterocycles. The lowest BCUT2D eigenvalue weighted by Crippen LogP contribution is -2.40. The van der Waals surface area contributed by atoms with Crippen LogP contribution < -0.4 is 10.1 Å². The lowest BCUT2D eigenvalue weighted by atomic mass is 9.98. The van der Waals surface area contributed by atoms with Crippen LogP contribution in [0.3, 0.4) is 0 Å². The van der Waals surface area contributed by atoms with E-state index in [1.165, 1.54) is 26.3 Å². The Labute approximate surface area is 183 Å². The van der Waals surface area contributed by atoms with Crippen molar-refractivity contribution in [2.45, 2.75) is 17.9 Å². The maximum atomic E-state index is 12.8. The summed E-state index contributed by atoms with van der Waals surface area (Å²) in [6, 6.07) is 23.2. The van der Waals surface area contributed by atoms with Crippen LogP contribution in [-0.4, -0.2) is 39.3 Å². The van der Waals surface area contributed by atoms with E-state index in [0.29, 0.717) is 5.75 Å². The molecular weight excluding hydrogens is 412 g/mol.